The summed E-state index contributed by atoms with van der Waals surface area (Å²) in [6.07, 6.45) is 0. The minimum Gasteiger partial charge on any atom is -0.496 e. The molecular formula is C19H14Cl2N4O3S. The van der Waals surface area contributed by atoms with E-state index in [0.29, 0.717) is 20.8 Å². The number of anilines is 1. The fourth-order valence-corrected chi connectivity index (χ4v) is 3.82. The normalized spacial score (nSPS) is 10.9. The number of halogens is 2. The summed E-state index contributed by atoms with van der Waals surface area (Å²) in [7, 11) is 1.61. The van der Waals surface area contributed by atoms with Gasteiger partial charge in [-0.15, -0.1) is 16.4 Å². The van der Waals surface area contributed by atoms with E-state index in [1.807, 2.05) is 29.6 Å². The number of hydrogen-bond acceptors (Lipinski definition) is 6. The number of aromatic nitrogens is 3. The van der Waals surface area contributed by atoms with Gasteiger partial charge in [0.2, 0.25) is 4.96 Å². The second kappa shape index (κ2) is 8.28. The maximum absolute atomic E-state index is 12.2. The van der Waals surface area contributed by atoms with Gasteiger partial charge in [0.05, 0.1) is 17.8 Å². The van der Waals surface area contributed by atoms with Crippen LogP contribution in [0.1, 0.15) is 0 Å². The lowest BCUT2D eigenvalue weighted by molar-refractivity contribution is -0.118. The van der Waals surface area contributed by atoms with Crippen LogP contribution in [0.2, 0.25) is 10.0 Å². The summed E-state index contributed by atoms with van der Waals surface area (Å²) < 4.78 is 12.5. The summed E-state index contributed by atoms with van der Waals surface area (Å²) in [5.41, 5.74) is 1.69. The standard InChI is InChI=1S/C19H14Cl2N4O3S/c1-27-15-5-3-2-4-12(15)14-10-29-19-23-18(24-25(14)19)22-17(26)9-28-16-8-11(20)6-7-13(16)21/h2-8,10H,9H2,1H3,(H,22,24,26). The monoisotopic (exact) mass is 448 g/mol. The maximum Gasteiger partial charge on any atom is 0.264 e. The molecule has 4 rings (SSSR count). The van der Waals surface area contributed by atoms with Gasteiger partial charge in [-0.3, -0.25) is 10.1 Å². The van der Waals surface area contributed by atoms with E-state index in [9.17, 15) is 4.79 Å². The lowest BCUT2D eigenvalue weighted by atomic mass is 10.1. The Morgan fingerprint density at radius 1 is 1.21 bits per heavy atom. The number of rotatable bonds is 6. The second-order valence-electron chi connectivity index (χ2n) is 5.86. The minimum absolute atomic E-state index is 0.179. The van der Waals surface area contributed by atoms with Gasteiger partial charge in [-0.1, -0.05) is 35.3 Å². The van der Waals surface area contributed by atoms with Crippen molar-refractivity contribution in [3.8, 4) is 22.8 Å². The molecule has 0 atom stereocenters. The molecule has 0 saturated heterocycles. The smallest absolute Gasteiger partial charge is 0.264 e. The van der Waals surface area contributed by atoms with Crippen molar-refractivity contribution in [2.75, 3.05) is 19.0 Å². The van der Waals surface area contributed by atoms with E-state index in [1.54, 1.807) is 29.8 Å². The van der Waals surface area contributed by atoms with Crippen LogP contribution >= 0.6 is 34.5 Å². The molecule has 0 bridgehead atoms. The quantitative estimate of drug-likeness (QED) is 0.458. The van der Waals surface area contributed by atoms with E-state index < -0.39 is 5.91 Å². The van der Waals surface area contributed by atoms with Crippen molar-refractivity contribution >= 4 is 51.4 Å². The molecule has 1 N–H and O–H groups in total. The zero-order valence-corrected chi connectivity index (χ0v) is 17.4. The Balaban J connectivity index is 1.50. The third-order valence-electron chi connectivity index (χ3n) is 3.97. The van der Waals surface area contributed by atoms with Crippen molar-refractivity contribution in [1.82, 2.24) is 14.6 Å². The molecule has 2 aromatic heterocycles. The van der Waals surface area contributed by atoms with Crippen LogP contribution in [0.4, 0.5) is 5.95 Å². The highest BCUT2D eigenvalue weighted by Crippen LogP contribution is 2.32. The second-order valence-corrected chi connectivity index (χ2v) is 7.54. The first-order valence-corrected chi connectivity index (χ1v) is 10.0. The molecule has 1 amide bonds. The highest BCUT2D eigenvalue weighted by Gasteiger charge is 2.16. The first-order valence-electron chi connectivity index (χ1n) is 8.40. The van der Waals surface area contributed by atoms with Gasteiger partial charge in [0.25, 0.3) is 11.9 Å². The number of fused-ring (bicyclic) bond motifs is 1. The summed E-state index contributed by atoms with van der Waals surface area (Å²) in [5, 5.41) is 9.76. The molecule has 0 saturated carbocycles. The topological polar surface area (TPSA) is 77.8 Å². The van der Waals surface area contributed by atoms with Gasteiger partial charge < -0.3 is 9.47 Å². The average molecular weight is 449 g/mol. The summed E-state index contributed by atoms with van der Waals surface area (Å²) in [6.45, 7) is -0.258. The van der Waals surface area contributed by atoms with Crippen molar-refractivity contribution < 1.29 is 14.3 Å². The molecule has 10 heteroatoms. The lowest BCUT2D eigenvalue weighted by Crippen LogP contribution is -2.21. The molecule has 0 aliphatic rings. The number of para-hydroxylation sites is 1. The predicted octanol–water partition coefficient (Wildman–Crippen LogP) is 4.79. The highest BCUT2D eigenvalue weighted by molar-refractivity contribution is 7.15. The van der Waals surface area contributed by atoms with Gasteiger partial charge in [0, 0.05) is 22.0 Å². The van der Waals surface area contributed by atoms with E-state index >= 15 is 0 Å². The number of hydrogen-bond donors (Lipinski definition) is 1. The van der Waals surface area contributed by atoms with Crippen LogP contribution in [0.25, 0.3) is 16.2 Å². The van der Waals surface area contributed by atoms with Crippen LogP contribution in [0, 0.1) is 0 Å². The molecule has 148 valence electrons. The maximum atomic E-state index is 12.2. The van der Waals surface area contributed by atoms with Crippen molar-refractivity contribution in [3.63, 3.8) is 0 Å². The first-order chi connectivity index (χ1) is 14.0. The summed E-state index contributed by atoms with van der Waals surface area (Å²) in [6, 6.07) is 12.4. The van der Waals surface area contributed by atoms with Crippen LogP contribution in [0.3, 0.4) is 0 Å². The number of ether oxygens (including phenoxy) is 2. The molecule has 2 heterocycles. The van der Waals surface area contributed by atoms with E-state index in [2.05, 4.69) is 15.4 Å². The Hall–Kier alpha value is -2.81. The Morgan fingerprint density at radius 2 is 2.03 bits per heavy atom. The van der Waals surface area contributed by atoms with Crippen molar-refractivity contribution in [3.05, 3.63) is 57.9 Å². The van der Waals surface area contributed by atoms with E-state index in [1.165, 1.54) is 11.3 Å². The van der Waals surface area contributed by atoms with Crippen molar-refractivity contribution in [1.29, 1.82) is 0 Å². The molecular weight excluding hydrogens is 435 g/mol. The zero-order valence-electron chi connectivity index (χ0n) is 15.1. The number of amides is 1. The van der Waals surface area contributed by atoms with Crippen LogP contribution in [-0.2, 0) is 4.79 Å². The molecule has 0 spiro atoms. The molecule has 4 aromatic rings. The first kappa shape index (κ1) is 19.5. The number of nitrogens with zero attached hydrogens (tertiary/aromatic N) is 3. The van der Waals surface area contributed by atoms with Crippen molar-refractivity contribution in [2.45, 2.75) is 0 Å². The number of carbonyl (C=O) groups is 1. The highest BCUT2D eigenvalue weighted by atomic mass is 35.5. The largest absolute Gasteiger partial charge is 0.496 e. The average Bonchev–Trinajstić information content (AvgIpc) is 3.28. The molecule has 0 aliphatic heterocycles. The van der Waals surface area contributed by atoms with Gasteiger partial charge in [0.1, 0.15) is 11.5 Å². The zero-order chi connectivity index (χ0) is 20.4. The van der Waals surface area contributed by atoms with Crippen molar-refractivity contribution in [2.24, 2.45) is 0 Å². The Bertz CT molecular complexity index is 1190. The fraction of sp³-hybridized carbons (Fsp3) is 0.105. The number of methoxy groups -OCH3 is 1. The fourth-order valence-electron chi connectivity index (χ4n) is 2.67. The third kappa shape index (κ3) is 4.14. The molecule has 2 aromatic carbocycles. The molecule has 29 heavy (non-hydrogen) atoms. The van der Waals surface area contributed by atoms with E-state index in [-0.39, 0.29) is 12.6 Å². The molecule has 0 aliphatic carbocycles. The Morgan fingerprint density at radius 3 is 2.86 bits per heavy atom. The van der Waals surface area contributed by atoms with Crippen LogP contribution in [-0.4, -0.2) is 34.2 Å². The third-order valence-corrected chi connectivity index (χ3v) is 5.33. The number of carbonyl (C=O) groups excluding carboxylic acids is 1. The molecule has 0 radical (unpaired) electrons. The van der Waals surface area contributed by atoms with Crippen LogP contribution in [0.15, 0.2) is 47.8 Å². The van der Waals surface area contributed by atoms with E-state index in [4.69, 9.17) is 32.7 Å². The predicted molar refractivity (Wildman–Crippen MR) is 113 cm³/mol. The molecule has 0 unspecified atom stereocenters. The Kier molecular flexibility index (Phi) is 5.57. The van der Waals surface area contributed by atoms with Gasteiger partial charge >= 0.3 is 0 Å². The Labute approximate surface area is 179 Å². The summed E-state index contributed by atoms with van der Waals surface area (Å²) in [5.74, 6) is 0.809. The summed E-state index contributed by atoms with van der Waals surface area (Å²) in [4.78, 5) is 17.2. The van der Waals surface area contributed by atoms with Gasteiger partial charge in [-0.2, -0.15) is 4.98 Å². The van der Waals surface area contributed by atoms with Gasteiger partial charge in [0.15, 0.2) is 6.61 Å². The molecule has 7 nitrogen and oxygen atoms in total. The number of thiazole rings is 1. The lowest BCUT2D eigenvalue weighted by Gasteiger charge is -2.07. The van der Waals surface area contributed by atoms with E-state index in [0.717, 1.165) is 17.0 Å². The molecule has 0 fully saturated rings. The van der Waals surface area contributed by atoms with Crippen LogP contribution in [0.5, 0.6) is 11.5 Å². The minimum atomic E-state index is -0.418. The van der Waals surface area contributed by atoms with Gasteiger partial charge in [-0.05, 0) is 24.3 Å². The number of nitrogens with one attached hydrogen (secondary N) is 1. The van der Waals surface area contributed by atoms with Crippen LogP contribution < -0.4 is 14.8 Å². The SMILES string of the molecule is COc1ccccc1-c1csc2nc(NC(=O)COc3cc(Cl)ccc3Cl)nn12. The van der Waals surface area contributed by atoms with Gasteiger partial charge in [-0.25, -0.2) is 4.52 Å². The number of benzene rings is 2. The summed E-state index contributed by atoms with van der Waals surface area (Å²) >= 11 is 13.3.